The zero-order valence-electron chi connectivity index (χ0n) is 14.8. The van der Waals surface area contributed by atoms with E-state index in [0.29, 0.717) is 11.9 Å². The Bertz CT molecular complexity index is 964. The fraction of sp³-hybridized carbons (Fsp3) is 0.158. The van der Waals surface area contributed by atoms with E-state index in [1.165, 1.54) is 47.2 Å². The van der Waals surface area contributed by atoms with E-state index < -0.39 is 17.4 Å². The van der Waals surface area contributed by atoms with Crippen molar-refractivity contribution < 1.29 is 17.9 Å². The molecular formula is C19H17ClF3N3O2. The second-order valence-corrected chi connectivity index (χ2v) is 5.95. The molecule has 0 bridgehead atoms. The molecule has 0 aliphatic carbocycles. The van der Waals surface area contributed by atoms with Crippen LogP contribution < -0.4 is 10.9 Å². The Labute approximate surface area is 164 Å². The smallest absolute Gasteiger partial charge is 0.432 e. The standard InChI is InChI=1S/C19H17ClF3N3O2/c1-3-28-12(2)16(11-24)18(19(21,22)23)25-14-4-6-15(7-5-14)26-9-8-13(20)10-17(26)27/h4-11,24-25H,2-3H2,1H3/b18-16+,24-11?. The van der Waals surface area contributed by atoms with E-state index in [1.807, 2.05) is 0 Å². The molecule has 0 aliphatic rings. The summed E-state index contributed by atoms with van der Waals surface area (Å²) in [5, 5.41) is 9.87. The average Bonchev–Trinajstić information content (AvgIpc) is 2.62. The van der Waals surface area contributed by atoms with Gasteiger partial charge in [-0.05, 0) is 37.3 Å². The van der Waals surface area contributed by atoms with Crippen LogP contribution >= 0.6 is 11.6 Å². The molecule has 0 radical (unpaired) electrons. The van der Waals surface area contributed by atoms with Gasteiger partial charge in [0.15, 0.2) is 0 Å². The van der Waals surface area contributed by atoms with Crippen LogP contribution in [0.4, 0.5) is 18.9 Å². The van der Waals surface area contributed by atoms with Gasteiger partial charge < -0.3 is 15.5 Å². The van der Waals surface area contributed by atoms with Crippen LogP contribution in [0.5, 0.6) is 0 Å². The van der Waals surface area contributed by atoms with Gasteiger partial charge in [0.2, 0.25) is 0 Å². The zero-order chi connectivity index (χ0) is 20.9. The molecule has 1 aromatic heterocycles. The largest absolute Gasteiger partial charge is 0.494 e. The molecule has 0 saturated heterocycles. The van der Waals surface area contributed by atoms with Crippen molar-refractivity contribution in [3.63, 3.8) is 0 Å². The van der Waals surface area contributed by atoms with Crippen LogP contribution in [0, 0.1) is 5.41 Å². The third kappa shape index (κ3) is 5.04. The summed E-state index contributed by atoms with van der Waals surface area (Å²) in [6.07, 6.45) is -2.76. The van der Waals surface area contributed by atoms with Gasteiger partial charge >= 0.3 is 6.18 Å². The van der Waals surface area contributed by atoms with Crippen LogP contribution in [0.25, 0.3) is 5.69 Å². The Morgan fingerprint density at radius 3 is 2.46 bits per heavy atom. The molecule has 0 amide bonds. The summed E-state index contributed by atoms with van der Waals surface area (Å²) in [4.78, 5) is 12.0. The molecule has 2 rings (SSSR count). The molecule has 148 valence electrons. The maximum Gasteiger partial charge on any atom is 0.432 e. The van der Waals surface area contributed by atoms with Crippen molar-refractivity contribution in [2.75, 3.05) is 11.9 Å². The van der Waals surface area contributed by atoms with Crippen molar-refractivity contribution in [3.05, 3.63) is 81.6 Å². The van der Waals surface area contributed by atoms with Crippen LogP contribution in [-0.2, 0) is 4.74 Å². The first-order valence-electron chi connectivity index (χ1n) is 8.07. The van der Waals surface area contributed by atoms with E-state index in [0.717, 1.165) is 0 Å². The van der Waals surface area contributed by atoms with Gasteiger partial charge in [-0.25, -0.2) is 0 Å². The summed E-state index contributed by atoms with van der Waals surface area (Å²) in [7, 11) is 0. The minimum Gasteiger partial charge on any atom is -0.494 e. The average molecular weight is 412 g/mol. The maximum atomic E-state index is 13.5. The molecule has 2 N–H and O–H groups in total. The topological polar surface area (TPSA) is 67.1 Å². The van der Waals surface area contributed by atoms with Crippen LogP contribution in [0.1, 0.15) is 6.92 Å². The lowest BCUT2D eigenvalue weighted by Gasteiger charge is -2.19. The minimum absolute atomic E-state index is 0.113. The highest BCUT2D eigenvalue weighted by Crippen LogP contribution is 2.31. The van der Waals surface area contributed by atoms with Gasteiger partial charge in [0.25, 0.3) is 5.56 Å². The summed E-state index contributed by atoms with van der Waals surface area (Å²) in [6, 6.07) is 8.48. The number of hydrogen-bond acceptors (Lipinski definition) is 4. The molecule has 5 nitrogen and oxygen atoms in total. The molecule has 0 atom stereocenters. The Kier molecular flexibility index (Phi) is 6.69. The normalized spacial score (nSPS) is 12.2. The number of nitrogens with one attached hydrogen (secondary N) is 2. The number of pyridine rings is 1. The van der Waals surface area contributed by atoms with E-state index in [9.17, 15) is 18.0 Å². The van der Waals surface area contributed by atoms with Gasteiger partial charge in [0, 0.05) is 34.9 Å². The molecule has 0 spiro atoms. The second-order valence-electron chi connectivity index (χ2n) is 5.51. The Hall–Kier alpha value is -3.00. The van der Waals surface area contributed by atoms with Gasteiger partial charge in [0.05, 0.1) is 12.2 Å². The molecule has 0 unspecified atom stereocenters. The summed E-state index contributed by atoms with van der Waals surface area (Å²) >= 11 is 5.75. The summed E-state index contributed by atoms with van der Waals surface area (Å²) in [5.41, 5.74) is -1.48. The Morgan fingerprint density at radius 1 is 1.32 bits per heavy atom. The highest BCUT2D eigenvalue weighted by molar-refractivity contribution is 6.30. The van der Waals surface area contributed by atoms with Gasteiger partial charge in [-0.3, -0.25) is 9.36 Å². The monoisotopic (exact) mass is 411 g/mol. The molecule has 0 saturated carbocycles. The lowest BCUT2D eigenvalue weighted by Crippen LogP contribution is -2.23. The SMILES string of the molecule is C=C(OCC)/C(C=N)=C(/Nc1ccc(-n2ccc(Cl)cc2=O)cc1)C(F)(F)F. The number of benzene rings is 1. The molecule has 9 heteroatoms. The first-order chi connectivity index (χ1) is 13.2. The van der Waals surface area contributed by atoms with Crippen LogP contribution in [0.3, 0.4) is 0 Å². The number of nitrogens with zero attached hydrogens (tertiary/aromatic N) is 1. The van der Waals surface area contributed by atoms with Crippen molar-refractivity contribution in [3.8, 4) is 5.69 Å². The van der Waals surface area contributed by atoms with E-state index >= 15 is 0 Å². The molecule has 0 fully saturated rings. The second kappa shape index (κ2) is 8.79. The predicted octanol–water partition coefficient (Wildman–Crippen LogP) is 4.92. The van der Waals surface area contributed by atoms with E-state index in [1.54, 1.807) is 6.92 Å². The predicted molar refractivity (Wildman–Crippen MR) is 103 cm³/mol. The van der Waals surface area contributed by atoms with E-state index in [2.05, 4.69) is 11.9 Å². The maximum absolute atomic E-state index is 13.5. The quantitative estimate of drug-likeness (QED) is 0.386. The third-order valence-corrected chi connectivity index (χ3v) is 3.85. The van der Waals surface area contributed by atoms with Gasteiger partial charge in [-0.1, -0.05) is 18.2 Å². The summed E-state index contributed by atoms with van der Waals surface area (Å²) in [5.74, 6) is -0.262. The number of anilines is 1. The number of allylic oxidation sites excluding steroid dienone is 2. The zero-order valence-corrected chi connectivity index (χ0v) is 15.6. The van der Waals surface area contributed by atoms with Crippen LogP contribution in [0.15, 0.2) is 71.0 Å². The summed E-state index contributed by atoms with van der Waals surface area (Å²) < 4.78 is 46.8. The number of rotatable bonds is 7. The molecule has 1 heterocycles. The molecule has 2 aromatic rings. The summed E-state index contributed by atoms with van der Waals surface area (Å²) in [6.45, 7) is 5.16. The first kappa shape index (κ1) is 21.3. The lowest BCUT2D eigenvalue weighted by molar-refractivity contribution is -0.0908. The van der Waals surface area contributed by atoms with Crippen molar-refractivity contribution in [1.29, 1.82) is 5.41 Å². The Balaban J connectivity index is 2.39. The fourth-order valence-electron chi connectivity index (χ4n) is 2.35. The number of hydrogen-bond donors (Lipinski definition) is 2. The van der Waals surface area contributed by atoms with Gasteiger partial charge in [0.1, 0.15) is 11.5 Å². The lowest BCUT2D eigenvalue weighted by atomic mass is 10.1. The minimum atomic E-state index is -4.77. The van der Waals surface area contributed by atoms with Crippen molar-refractivity contribution >= 4 is 23.5 Å². The van der Waals surface area contributed by atoms with Crippen LogP contribution in [-0.4, -0.2) is 23.6 Å². The van der Waals surface area contributed by atoms with Crippen molar-refractivity contribution in [2.45, 2.75) is 13.1 Å². The van der Waals surface area contributed by atoms with E-state index in [4.69, 9.17) is 21.7 Å². The fourth-order valence-corrected chi connectivity index (χ4v) is 2.50. The number of ether oxygens (including phenoxy) is 1. The highest BCUT2D eigenvalue weighted by atomic mass is 35.5. The highest BCUT2D eigenvalue weighted by Gasteiger charge is 2.37. The number of alkyl halides is 3. The molecule has 0 aliphatic heterocycles. The third-order valence-electron chi connectivity index (χ3n) is 3.61. The number of aromatic nitrogens is 1. The Morgan fingerprint density at radius 2 is 1.96 bits per heavy atom. The molecular weight excluding hydrogens is 395 g/mol. The first-order valence-corrected chi connectivity index (χ1v) is 8.44. The number of halogens is 4. The van der Waals surface area contributed by atoms with Gasteiger partial charge in [-0.2, -0.15) is 13.2 Å². The van der Waals surface area contributed by atoms with Crippen LogP contribution in [0.2, 0.25) is 5.02 Å². The molecule has 28 heavy (non-hydrogen) atoms. The van der Waals surface area contributed by atoms with Crippen molar-refractivity contribution in [2.24, 2.45) is 0 Å². The van der Waals surface area contributed by atoms with Gasteiger partial charge in [-0.15, -0.1) is 0 Å². The molecule has 1 aromatic carbocycles. The van der Waals surface area contributed by atoms with E-state index in [-0.39, 0.29) is 28.6 Å². The van der Waals surface area contributed by atoms with Crippen molar-refractivity contribution in [1.82, 2.24) is 4.57 Å².